The first-order valence-corrected chi connectivity index (χ1v) is 9.35. The van der Waals surface area contributed by atoms with Gasteiger partial charge in [-0.25, -0.2) is 0 Å². The van der Waals surface area contributed by atoms with Crippen molar-refractivity contribution < 1.29 is 14.3 Å². The number of amides is 1. The minimum Gasteiger partial charge on any atom is -0.494 e. The first-order valence-electron chi connectivity index (χ1n) is 9.35. The van der Waals surface area contributed by atoms with E-state index in [0.29, 0.717) is 31.1 Å². The van der Waals surface area contributed by atoms with Gasteiger partial charge in [-0.15, -0.1) is 0 Å². The maximum Gasteiger partial charge on any atom is 0.255 e. The summed E-state index contributed by atoms with van der Waals surface area (Å²) in [5.41, 5.74) is 10.1. The monoisotopic (exact) mass is 369 g/mol. The standard InChI is InChI=1S/C21H27N3O3/c1-3-10-27-17-6-4-16(5-7-17)21(25)23-19-14-20(18(22)13-15(19)2)24-8-11-26-12-9-24/h4-7,13-14H,3,8-12,22H2,1-2H3,(H,23,25). The molecule has 0 aliphatic carbocycles. The zero-order valence-electron chi connectivity index (χ0n) is 16.0. The van der Waals surface area contributed by atoms with Crippen molar-refractivity contribution in [1.29, 1.82) is 0 Å². The summed E-state index contributed by atoms with van der Waals surface area (Å²) in [5, 5.41) is 3.00. The van der Waals surface area contributed by atoms with Gasteiger partial charge in [-0.2, -0.15) is 0 Å². The van der Waals surface area contributed by atoms with E-state index in [-0.39, 0.29) is 5.91 Å². The maximum absolute atomic E-state index is 12.6. The third kappa shape index (κ3) is 4.71. The van der Waals surface area contributed by atoms with Crippen molar-refractivity contribution in [2.24, 2.45) is 0 Å². The molecule has 1 aliphatic heterocycles. The fraction of sp³-hybridized carbons (Fsp3) is 0.381. The van der Waals surface area contributed by atoms with E-state index in [0.717, 1.165) is 42.2 Å². The third-order valence-electron chi connectivity index (χ3n) is 4.56. The molecule has 2 aromatic rings. The zero-order chi connectivity index (χ0) is 19.2. The molecule has 6 nitrogen and oxygen atoms in total. The van der Waals surface area contributed by atoms with E-state index >= 15 is 0 Å². The Morgan fingerprint density at radius 1 is 1.22 bits per heavy atom. The van der Waals surface area contributed by atoms with Crippen LogP contribution < -0.4 is 20.7 Å². The first kappa shape index (κ1) is 19.0. The van der Waals surface area contributed by atoms with Gasteiger partial charge >= 0.3 is 0 Å². The van der Waals surface area contributed by atoms with Crippen molar-refractivity contribution in [3.63, 3.8) is 0 Å². The van der Waals surface area contributed by atoms with E-state index < -0.39 is 0 Å². The van der Waals surface area contributed by atoms with Crippen LogP contribution >= 0.6 is 0 Å². The summed E-state index contributed by atoms with van der Waals surface area (Å²) < 4.78 is 11.0. The van der Waals surface area contributed by atoms with Crippen LogP contribution in [0.4, 0.5) is 17.1 Å². The second-order valence-electron chi connectivity index (χ2n) is 6.65. The SMILES string of the molecule is CCCOc1ccc(C(=O)Nc2cc(N3CCOCC3)c(N)cc2C)cc1. The highest BCUT2D eigenvalue weighted by atomic mass is 16.5. The van der Waals surface area contributed by atoms with E-state index in [1.165, 1.54) is 0 Å². The average Bonchev–Trinajstić information content (AvgIpc) is 2.69. The Balaban J connectivity index is 1.75. The normalized spacial score (nSPS) is 14.1. The van der Waals surface area contributed by atoms with E-state index in [9.17, 15) is 4.79 Å². The number of carbonyl (C=O) groups excluding carboxylic acids is 1. The van der Waals surface area contributed by atoms with Gasteiger partial charge in [0.1, 0.15) is 5.75 Å². The summed E-state index contributed by atoms with van der Waals surface area (Å²) in [6.45, 7) is 7.61. The number of ether oxygens (including phenoxy) is 2. The van der Waals surface area contributed by atoms with Crippen molar-refractivity contribution in [3.8, 4) is 5.75 Å². The summed E-state index contributed by atoms with van der Waals surface area (Å²) >= 11 is 0. The van der Waals surface area contributed by atoms with Crippen LogP contribution in [0.1, 0.15) is 29.3 Å². The van der Waals surface area contributed by atoms with E-state index in [2.05, 4.69) is 17.1 Å². The summed E-state index contributed by atoms with van der Waals surface area (Å²) in [6, 6.07) is 11.0. The van der Waals surface area contributed by atoms with Gasteiger partial charge in [0.05, 0.1) is 31.2 Å². The highest BCUT2D eigenvalue weighted by Crippen LogP contribution is 2.31. The van der Waals surface area contributed by atoms with Crippen molar-refractivity contribution in [3.05, 3.63) is 47.5 Å². The molecule has 6 heteroatoms. The van der Waals surface area contributed by atoms with Gasteiger partial charge in [-0.3, -0.25) is 4.79 Å². The third-order valence-corrected chi connectivity index (χ3v) is 4.56. The predicted octanol–water partition coefficient (Wildman–Crippen LogP) is 3.45. The molecule has 1 amide bonds. The Hall–Kier alpha value is -2.73. The van der Waals surface area contributed by atoms with Crippen LogP contribution in [-0.4, -0.2) is 38.8 Å². The van der Waals surface area contributed by atoms with Crippen LogP contribution in [0.2, 0.25) is 0 Å². The smallest absolute Gasteiger partial charge is 0.255 e. The molecule has 1 fully saturated rings. The molecule has 0 spiro atoms. The van der Waals surface area contributed by atoms with Crippen LogP contribution in [0.3, 0.4) is 0 Å². The molecule has 1 saturated heterocycles. The summed E-state index contributed by atoms with van der Waals surface area (Å²) in [4.78, 5) is 14.8. The topological polar surface area (TPSA) is 76.8 Å². The largest absolute Gasteiger partial charge is 0.494 e. The van der Waals surface area contributed by atoms with Crippen LogP contribution in [0.25, 0.3) is 0 Å². The van der Waals surface area contributed by atoms with Gasteiger partial charge in [-0.05, 0) is 55.3 Å². The molecule has 0 atom stereocenters. The number of hydrogen-bond acceptors (Lipinski definition) is 5. The number of hydrogen-bond donors (Lipinski definition) is 2. The molecule has 3 N–H and O–H groups in total. The second-order valence-corrected chi connectivity index (χ2v) is 6.65. The molecule has 1 aliphatic rings. The number of nitrogens with two attached hydrogens (primary N) is 1. The molecule has 0 saturated carbocycles. The molecule has 0 unspecified atom stereocenters. The molecule has 0 aromatic heterocycles. The zero-order valence-corrected chi connectivity index (χ0v) is 16.0. The molecular weight excluding hydrogens is 342 g/mol. The number of anilines is 3. The highest BCUT2D eigenvalue weighted by molar-refractivity contribution is 6.05. The number of morpholine rings is 1. The quantitative estimate of drug-likeness (QED) is 0.763. The van der Waals surface area contributed by atoms with Crippen LogP contribution in [0, 0.1) is 6.92 Å². The summed E-state index contributed by atoms with van der Waals surface area (Å²) in [7, 11) is 0. The van der Waals surface area contributed by atoms with Gasteiger partial charge in [0.2, 0.25) is 0 Å². The lowest BCUT2D eigenvalue weighted by Crippen LogP contribution is -2.36. The lowest BCUT2D eigenvalue weighted by molar-refractivity contribution is 0.102. The number of carbonyl (C=O) groups is 1. The number of aryl methyl sites for hydroxylation is 1. The highest BCUT2D eigenvalue weighted by Gasteiger charge is 2.17. The number of nitrogen functional groups attached to an aromatic ring is 1. The van der Waals surface area contributed by atoms with Crippen LogP contribution in [0.15, 0.2) is 36.4 Å². The number of nitrogens with zero attached hydrogens (tertiary/aromatic N) is 1. The molecule has 2 aromatic carbocycles. The predicted molar refractivity (Wildman–Crippen MR) is 109 cm³/mol. The van der Waals surface area contributed by atoms with Crippen molar-refractivity contribution in [1.82, 2.24) is 0 Å². The van der Waals surface area contributed by atoms with Gasteiger partial charge in [0, 0.05) is 24.3 Å². The van der Waals surface area contributed by atoms with Gasteiger partial charge < -0.3 is 25.4 Å². The number of rotatable bonds is 6. The molecule has 0 radical (unpaired) electrons. The fourth-order valence-corrected chi connectivity index (χ4v) is 3.05. The van der Waals surface area contributed by atoms with E-state index in [1.807, 2.05) is 31.2 Å². The first-order chi connectivity index (χ1) is 13.1. The van der Waals surface area contributed by atoms with Crippen LogP contribution in [-0.2, 0) is 4.74 Å². The lowest BCUT2D eigenvalue weighted by atomic mass is 10.1. The second kappa shape index (κ2) is 8.77. The van der Waals surface area contributed by atoms with E-state index in [4.69, 9.17) is 15.2 Å². The fourth-order valence-electron chi connectivity index (χ4n) is 3.05. The summed E-state index contributed by atoms with van der Waals surface area (Å²) in [5.74, 6) is 0.615. The Morgan fingerprint density at radius 2 is 1.93 bits per heavy atom. The molecule has 27 heavy (non-hydrogen) atoms. The van der Waals surface area contributed by atoms with E-state index in [1.54, 1.807) is 12.1 Å². The number of nitrogens with one attached hydrogen (secondary N) is 1. The summed E-state index contributed by atoms with van der Waals surface area (Å²) in [6.07, 6.45) is 0.949. The minimum atomic E-state index is -0.155. The van der Waals surface area contributed by atoms with Gasteiger partial charge in [-0.1, -0.05) is 6.92 Å². The van der Waals surface area contributed by atoms with Gasteiger partial charge in [0.15, 0.2) is 0 Å². The Kier molecular flexibility index (Phi) is 6.19. The molecule has 0 bridgehead atoms. The number of benzene rings is 2. The Labute approximate surface area is 160 Å². The Morgan fingerprint density at radius 3 is 2.59 bits per heavy atom. The maximum atomic E-state index is 12.6. The molecular formula is C21H27N3O3. The molecule has 1 heterocycles. The minimum absolute atomic E-state index is 0.155. The average molecular weight is 369 g/mol. The Bertz CT molecular complexity index is 784. The van der Waals surface area contributed by atoms with Crippen molar-refractivity contribution in [2.45, 2.75) is 20.3 Å². The van der Waals surface area contributed by atoms with Crippen LogP contribution in [0.5, 0.6) is 5.75 Å². The molecule has 3 rings (SSSR count). The van der Waals surface area contributed by atoms with Crippen molar-refractivity contribution >= 4 is 23.0 Å². The molecule has 144 valence electrons. The lowest BCUT2D eigenvalue weighted by Gasteiger charge is -2.30. The van der Waals surface area contributed by atoms with Gasteiger partial charge in [0.25, 0.3) is 5.91 Å². The van der Waals surface area contributed by atoms with Crippen molar-refractivity contribution in [2.75, 3.05) is 48.9 Å².